The van der Waals surface area contributed by atoms with E-state index in [1.165, 1.54) is 43.4 Å². The van der Waals surface area contributed by atoms with E-state index >= 15 is 0 Å². The molecular formula is C28H44N4O2. The molecule has 0 aromatic heterocycles. The summed E-state index contributed by atoms with van der Waals surface area (Å²) >= 11 is 0. The molecule has 1 unspecified atom stereocenters. The Hall–Kier alpha value is -2.08. The van der Waals surface area contributed by atoms with Crippen LogP contribution < -0.4 is 10.2 Å². The number of carbonyl (C=O) groups is 2. The van der Waals surface area contributed by atoms with Crippen molar-refractivity contribution in [2.45, 2.75) is 89.3 Å². The van der Waals surface area contributed by atoms with E-state index in [9.17, 15) is 9.59 Å². The van der Waals surface area contributed by atoms with E-state index in [-0.39, 0.29) is 17.9 Å². The van der Waals surface area contributed by atoms with Gasteiger partial charge in [0.05, 0.1) is 0 Å². The van der Waals surface area contributed by atoms with Crippen LogP contribution in [-0.2, 0) is 16.1 Å². The Bertz CT molecular complexity index is 823. The topological polar surface area (TPSA) is 55.9 Å². The number of piperidine rings is 1. The summed E-state index contributed by atoms with van der Waals surface area (Å²) in [5, 5.41) is 3.21. The minimum absolute atomic E-state index is 0.0963. The molecule has 188 valence electrons. The van der Waals surface area contributed by atoms with Crippen molar-refractivity contribution in [1.29, 1.82) is 0 Å². The van der Waals surface area contributed by atoms with E-state index < -0.39 is 5.54 Å². The number of nitrogens with one attached hydrogen (secondary N) is 1. The van der Waals surface area contributed by atoms with Crippen LogP contribution in [0, 0.1) is 5.92 Å². The second kappa shape index (κ2) is 11.1. The fraction of sp³-hybridized carbons (Fsp3) is 0.714. The molecule has 1 aromatic rings. The summed E-state index contributed by atoms with van der Waals surface area (Å²) in [6.45, 7) is 5.43. The van der Waals surface area contributed by atoms with Crippen molar-refractivity contribution in [2.24, 2.45) is 5.92 Å². The average Bonchev–Trinajstić information content (AvgIpc) is 2.85. The van der Waals surface area contributed by atoms with E-state index in [0.717, 1.165) is 51.7 Å². The molecule has 3 aliphatic rings. The van der Waals surface area contributed by atoms with Gasteiger partial charge in [-0.15, -0.1) is 0 Å². The first kappa shape index (κ1) is 25.0. The zero-order chi connectivity index (χ0) is 24.1. The van der Waals surface area contributed by atoms with Gasteiger partial charge in [-0.25, -0.2) is 0 Å². The predicted molar refractivity (Wildman–Crippen MR) is 138 cm³/mol. The normalized spacial score (nSPS) is 23.9. The largest absolute Gasteiger partial charge is 0.378 e. The van der Waals surface area contributed by atoms with Gasteiger partial charge in [-0.3, -0.25) is 14.5 Å². The zero-order valence-corrected chi connectivity index (χ0v) is 21.5. The molecule has 1 spiro atoms. The fourth-order valence-corrected chi connectivity index (χ4v) is 6.17. The third-order valence-corrected chi connectivity index (χ3v) is 8.38. The Balaban J connectivity index is 1.42. The summed E-state index contributed by atoms with van der Waals surface area (Å²) in [4.78, 5) is 33.8. The smallest absolute Gasteiger partial charge is 0.246 e. The Morgan fingerprint density at radius 3 is 2.32 bits per heavy atom. The zero-order valence-electron chi connectivity index (χ0n) is 21.5. The molecule has 2 amide bonds. The van der Waals surface area contributed by atoms with Gasteiger partial charge in [-0.05, 0) is 49.3 Å². The van der Waals surface area contributed by atoms with E-state index in [4.69, 9.17) is 0 Å². The number of likely N-dealkylation sites (tertiary alicyclic amines) is 1. The highest BCUT2D eigenvalue weighted by Crippen LogP contribution is 2.36. The standard InChI is InChI=1S/C28H44N4O2/c1-4-5-17-32-26(33)25(20-22-9-7-6-8-10-22)29-27(34)28(32)15-18-31(19-16-28)21-23-11-13-24(14-12-23)30(2)3/h11-14,22,25H,4-10,15-21H2,1-3H3,(H,29,34). The molecule has 2 aliphatic heterocycles. The number of hydrogen-bond acceptors (Lipinski definition) is 4. The van der Waals surface area contributed by atoms with Crippen LogP contribution in [0.2, 0.25) is 0 Å². The van der Waals surface area contributed by atoms with Gasteiger partial charge in [-0.1, -0.05) is 57.6 Å². The molecule has 1 saturated carbocycles. The molecule has 6 heteroatoms. The monoisotopic (exact) mass is 468 g/mol. The lowest BCUT2D eigenvalue weighted by atomic mass is 9.79. The van der Waals surface area contributed by atoms with Crippen molar-refractivity contribution in [3.05, 3.63) is 29.8 Å². The molecule has 3 fully saturated rings. The lowest BCUT2D eigenvalue weighted by molar-refractivity contribution is -0.162. The highest BCUT2D eigenvalue weighted by atomic mass is 16.2. The van der Waals surface area contributed by atoms with Crippen molar-refractivity contribution in [3.8, 4) is 0 Å². The van der Waals surface area contributed by atoms with Gasteiger partial charge in [0.1, 0.15) is 11.6 Å². The average molecular weight is 469 g/mol. The molecule has 2 heterocycles. The number of nitrogens with zero attached hydrogens (tertiary/aromatic N) is 3. The quantitative estimate of drug-likeness (QED) is 0.622. The summed E-state index contributed by atoms with van der Waals surface area (Å²) in [5.74, 6) is 0.844. The molecule has 6 nitrogen and oxygen atoms in total. The Morgan fingerprint density at radius 1 is 1.03 bits per heavy atom. The van der Waals surface area contributed by atoms with Crippen LogP contribution in [0.25, 0.3) is 0 Å². The van der Waals surface area contributed by atoms with E-state index in [1.54, 1.807) is 0 Å². The second-order valence-corrected chi connectivity index (χ2v) is 11.0. The predicted octanol–water partition coefficient (Wildman–Crippen LogP) is 4.18. The molecule has 34 heavy (non-hydrogen) atoms. The Labute approximate surface area is 206 Å². The molecule has 1 N–H and O–H groups in total. The third-order valence-electron chi connectivity index (χ3n) is 8.38. The number of amides is 2. The number of unbranched alkanes of at least 4 members (excludes halogenated alkanes) is 1. The number of hydrogen-bond donors (Lipinski definition) is 1. The summed E-state index contributed by atoms with van der Waals surface area (Å²) in [7, 11) is 4.11. The SMILES string of the molecule is CCCCN1C(=O)C(CC2CCCCC2)NC(=O)C12CCN(Cc1ccc(N(C)C)cc1)CC2. The van der Waals surface area contributed by atoms with Crippen molar-refractivity contribution < 1.29 is 9.59 Å². The Morgan fingerprint density at radius 2 is 1.71 bits per heavy atom. The number of carbonyl (C=O) groups excluding carboxylic acids is 2. The van der Waals surface area contributed by atoms with Gasteiger partial charge in [0, 0.05) is 46.0 Å². The minimum atomic E-state index is -0.666. The second-order valence-electron chi connectivity index (χ2n) is 11.0. The van der Waals surface area contributed by atoms with Gasteiger partial charge in [0.25, 0.3) is 0 Å². The maximum Gasteiger partial charge on any atom is 0.246 e. The van der Waals surface area contributed by atoms with Gasteiger partial charge < -0.3 is 15.1 Å². The maximum atomic E-state index is 13.7. The van der Waals surface area contributed by atoms with Crippen LogP contribution in [0.1, 0.15) is 76.7 Å². The van der Waals surface area contributed by atoms with Crippen molar-refractivity contribution in [2.75, 3.05) is 38.6 Å². The highest BCUT2D eigenvalue weighted by Gasteiger charge is 2.53. The molecule has 1 atom stereocenters. The maximum absolute atomic E-state index is 13.7. The van der Waals surface area contributed by atoms with E-state index in [0.29, 0.717) is 12.5 Å². The van der Waals surface area contributed by atoms with Crippen LogP contribution in [0.15, 0.2) is 24.3 Å². The number of rotatable bonds is 8. The summed E-state index contributed by atoms with van der Waals surface area (Å²) in [5.41, 5.74) is 1.83. The molecular weight excluding hydrogens is 424 g/mol. The van der Waals surface area contributed by atoms with Gasteiger partial charge in [-0.2, -0.15) is 0 Å². The molecule has 1 aliphatic carbocycles. The highest BCUT2D eigenvalue weighted by molar-refractivity contribution is 6.00. The van der Waals surface area contributed by atoms with Gasteiger partial charge in [0.2, 0.25) is 11.8 Å². The Kier molecular flexibility index (Phi) is 8.18. The van der Waals surface area contributed by atoms with Crippen molar-refractivity contribution in [3.63, 3.8) is 0 Å². The van der Waals surface area contributed by atoms with Crippen molar-refractivity contribution in [1.82, 2.24) is 15.1 Å². The number of piperazine rings is 1. The van der Waals surface area contributed by atoms with Gasteiger partial charge >= 0.3 is 0 Å². The molecule has 0 radical (unpaired) electrons. The van der Waals surface area contributed by atoms with Crippen LogP contribution in [0.3, 0.4) is 0 Å². The lowest BCUT2D eigenvalue weighted by Crippen LogP contribution is -2.73. The van der Waals surface area contributed by atoms with Crippen LogP contribution in [0.4, 0.5) is 5.69 Å². The fourth-order valence-electron chi connectivity index (χ4n) is 6.17. The lowest BCUT2D eigenvalue weighted by Gasteiger charge is -2.52. The van der Waals surface area contributed by atoms with Crippen LogP contribution >= 0.6 is 0 Å². The molecule has 4 rings (SSSR count). The van der Waals surface area contributed by atoms with Crippen LogP contribution in [-0.4, -0.2) is 66.9 Å². The molecule has 1 aromatic carbocycles. The van der Waals surface area contributed by atoms with Gasteiger partial charge in [0.15, 0.2) is 0 Å². The first-order valence-electron chi connectivity index (χ1n) is 13.5. The van der Waals surface area contributed by atoms with E-state index in [1.807, 2.05) is 4.90 Å². The number of benzene rings is 1. The van der Waals surface area contributed by atoms with E-state index in [2.05, 4.69) is 60.4 Å². The molecule has 2 saturated heterocycles. The summed E-state index contributed by atoms with van der Waals surface area (Å²) in [6, 6.07) is 8.38. The first-order chi connectivity index (χ1) is 16.4. The molecule has 0 bridgehead atoms. The van der Waals surface area contributed by atoms with Crippen LogP contribution in [0.5, 0.6) is 0 Å². The summed E-state index contributed by atoms with van der Waals surface area (Å²) < 4.78 is 0. The summed E-state index contributed by atoms with van der Waals surface area (Å²) in [6.07, 6.45) is 10.5. The minimum Gasteiger partial charge on any atom is -0.378 e. The van der Waals surface area contributed by atoms with Crippen molar-refractivity contribution >= 4 is 17.5 Å². The number of anilines is 1. The first-order valence-corrected chi connectivity index (χ1v) is 13.5. The third kappa shape index (κ3) is 5.42.